The highest BCUT2D eigenvalue weighted by molar-refractivity contribution is 5.56. The maximum Gasteiger partial charge on any atom is 0.121 e. The van der Waals surface area contributed by atoms with Gasteiger partial charge in [0.25, 0.3) is 0 Å². The number of aryl methyl sites for hydroxylation is 1. The average Bonchev–Trinajstić information content (AvgIpc) is 2.44. The van der Waals surface area contributed by atoms with E-state index in [1.54, 1.807) is 0 Å². The van der Waals surface area contributed by atoms with E-state index in [9.17, 15) is 5.26 Å². The Balaban J connectivity index is 2.13. The van der Waals surface area contributed by atoms with Crippen LogP contribution in [0, 0.1) is 11.3 Å². The van der Waals surface area contributed by atoms with Crippen LogP contribution in [0.5, 0.6) is 0 Å². The van der Waals surface area contributed by atoms with Crippen molar-refractivity contribution in [2.24, 2.45) is 0 Å². The smallest absolute Gasteiger partial charge is 0.121 e. The Morgan fingerprint density at radius 3 is 3.11 bits per heavy atom. The fourth-order valence-electron chi connectivity index (χ4n) is 2.55. The number of benzene rings is 1. The number of aliphatic hydroxyl groups excluding tert-OH is 1. The molecule has 0 aliphatic carbocycles. The minimum absolute atomic E-state index is 0.153. The molecule has 1 aromatic carbocycles. The minimum atomic E-state index is -0.288. The standard InChI is InChI=1S/C15H21N3O/c1-18-8-2-4-13-10-12(5-6-15(13)18)14(11-16)17-7-3-9-19/h5-6,10,14,17,19H,2-4,7-9H2,1H3. The van der Waals surface area contributed by atoms with Gasteiger partial charge in [0.05, 0.1) is 6.07 Å². The molecule has 1 atom stereocenters. The number of hydrogen-bond donors (Lipinski definition) is 2. The van der Waals surface area contributed by atoms with Crippen molar-refractivity contribution in [3.63, 3.8) is 0 Å². The van der Waals surface area contributed by atoms with Crippen LogP contribution in [0.3, 0.4) is 0 Å². The molecule has 0 saturated carbocycles. The molecule has 1 aliphatic heterocycles. The maximum absolute atomic E-state index is 9.25. The zero-order chi connectivity index (χ0) is 13.7. The first kappa shape index (κ1) is 13.9. The van der Waals surface area contributed by atoms with Crippen molar-refractivity contribution in [1.29, 1.82) is 5.26 Å². The summed E-state index contributed by atoms with van der Waals surface area (Å²) >= 11 is 0. The zero-order valence-corrected chi connectivity index (χ0v) is 11.4. The third-order valence-corrected chi connectivity index (χ3v) is 3.60. The molecule has 0 saturated heterocycles. The lowest BCUT2D eigenvalue weighted by atomic mass is 9.97. The Morgan fingerprint density at radius 1 is 1.53 bits per heavy atom. The first-order chi connectivity index (χ1) is 9.26. The molecule has 1 aliphatic rings. The number of nitrogens with zero attached hydrogens (tertiary/aromatic N) is 2. The van der Waals surface area contributed by atoms with Crippen LogP contribution in [-0.2, 0) is 6.42 Å². The van der Waals surface area contributed by atoms with Crippen molar-refractivity contribution in [3.8, 4) is 6.07 Å². The van der Waals surface area contributed by atoms with E-state index in [-0.39, 0.29) is 12.6 Å². The summed E-state index contributed by atoms with van der Waals surface area (Å²) in [5, 5.41) is 21.2. The molecule has 102 valence electrons. The molecule has 1 unspecified atom stereocenters. The zero-order valence-electron chi connectivity index (χ0n) is 11.4. The van der Waals surface area contributed by atoms with E-state index in [0.29, 0.717) is 13.0 Å². The van der Waals surface area contributed by atoms with Crippen LogP contribution in [0.2, 0.25) is 0 Å². The van der Waals surface area contributed by atoms with Gasteiger partial charge in [-0.3, -0.25) is 5.32 Å². The van der Waals surface area contributed by atoms with Crippen LogP contribution >= 0.6 is 0 Å². The quantitative estimate of drug-likeness (QED) is 0.789. The van der Waals surface area contributed by atoms with E-state index in [2.05, 4.69) is 35.5 Å². The third kappa shape index (κ3) is 3.25. The Kier molecular flexibility index (Phi) is 4.78. The van der Waals surface area contributed by atoms with Gasteiger partial charge in [0.1, 0.15) is 6.04 Å². The summed E-state index contributed by atoms with van der Waals surface area (Å²) in [6.07, 6.45) is 2.93. The van der Waals surface area contributed by atoms with E-state index in [1.807, 2.05) is 6.07 Å². The second-order valence-electron chi connectivity index (χ2n) is 5.01. The van der Waals surface area contributed by atoms with E-state index < -0.39 is 0 Å². The first-order valence-electron chi connectivity index (χ1n) is 6.84. The van der Waals surface area contributed by atoms with Crippen LogP contribution in [0.1, 0.15) is 30.0 Å². The molecule has 4 nitrogen and oxygen atoms in total. The molecule has 19 heavy (non-hydrogen) atoms. The molecule has 0 bridgehead atoms. The van der Waals surface area contributed by atoms with Crippen molar-refractivity contribution in [1.82, 2.24) is 5.32 Å². The predicted molar refractivity (Wildman–Crippen MR) is 76.1 cm³/mol. The second kappa shape index (κ2) is 6.55. The number of nitriles is 1. The highest BCUT2D eigenvalue weighted by Gasteiger charge is 2.16. The summed E-state index contributed by atoms with van der Waals surface area (Å²) < 4.78 is 0. The maximum atomic E-state index is 9.25. The fraction of sp³-hybridized carbons (Fsp3) is 0.533. The molecule has 0 radical (unpaired) electrons. The van der Waals surface area contributed by atoms with Crippen molar-refractivity contribution in [2.45, 2.75) is 25.3 Å². The molecule has 2 rings (SSSR count). The minimum Gasteiger partial charge on any atom is -0.396 e. The van der Waals surface area contributed by atoms with Gasteiger partial charge in [0, 0.05) is 25.9 Å². The topological polar surface area (TPSA) is 59.3 Å². The van der Waals surface area contributed by atoms with E-state index >= 15 is 0 Å². The Labute approximate surface area is 114 Å². The Bertz CT molecular complexity index is 467. The highest BCUT2D eigenvalue weighted by atomic mass is 16.3. The molecule has 0 aromatic heterocycles. The lowest BCUT2D eigenvalue weighted by Crippen LogP contribution is -2.26. The SMILES string of the molecule is CN1CCCc2cc(C(C#N)NCCCO)ccc21. The molecule has 0 fully saturated rings. The fourth-order valence-corrected chi connectivity index (χ4v) is 2.55. The van der Waals surface area contributed by atoms with E-state index in [1.165, 1.54) is 17.7 Å². The summed E-state index contributed by atoms with van der Waals surface area (Å²) in [6.45, 7) is 1.91. The number of fused-ring (bicyclic) bond motifs is 1. The lowest BCUT2D eigenvalue weighted by molar-refractivity contribution is 0.285. The predicted octanol–water partition coefficient (Wildman–Crippen LogP) is 1.61. The van der Waals surface area contributed by atoms with Gasteiger partial charge in [-0.05, 0) is 43.0 Å². The van der Waals surface area contributed by atoms with Crippen LogP contribution in [0.4, 0.5) is 5.69 Å². The van der Waals surface area contributed by atoms with Crippen molar-refractivity contribution in [3.05, 3.63) is 29.3 Å². The summed E-state index contributed by atoms with van der Waals surface area (Å²) in [5.74, 6) is 0. The molecule has 1 heterocycles. The molecule has 0 spiro atoms. The molecular formula is C15H21N3O. The summed E-state index contributed by atoms with van der Waals surface area (Å²) in [4.78, 5) is 2.27. The van der Waals surface area contributed by atoms with Gasteiger partial charge in [-0.1, -0.05) is 12.1 Å². The van der Waals surface area contributed by atoms with E-state index in [4.69, 9.17) is 5.11 Å². The van der Waals surface area contributed by atoms with Crippen LogP contribution in [0.15, 0.2) is 18.2 Å². The summed E-state index contributed by atoms with van der Waals surface area (Å²) in [6, 6.07) is 8.29. The van der Waals surface area contributed by atoms with E-state index in [0.717, 1.165) is 18.5 Å². The van der Waals surface area contributed by atoms with Gasteiger partial charge in [0.2, 0.25) is 0 Å². The third-order valence-electron chi connectivity index (χ3n) is 3.60. The van der Waals surface area contributed by atoms with Gasteiger partial charge in [-0.25, -0.2) is 0 Å². The number of hydrogen-bond acceptors (Lipinski definition) is 4. The van der Waals surface area contributed by atoms with Crippen LogP contribution in [-0.4, -0.2) is 31.9 Å². The van der Waals surface area contributed by atoms with Gasteiger partial charge in [-0.2, -0.15) is 5.26 Å². The molecule has 1 aromatic rings. The van der Waals surface area contributed by atoms with Crippen molar-refractivity contribution < 1.29 is 5.11 Å². The van der Waals surface area contributed by atoms with Crippen LogP contribution < -0.4 is 10.2 Å². The van der Waals surface area contributed by atoms with Gasteiger partial charge < -0.3 is 10.0 Å². The van der Waals surface area contributed by atoms with Crippen molar-refractivity contribution in [2.75, 3.05) is 31.6 Å². The molecular weight excluding hydrogens is 238 g/mol. The number of nitrogens with one attached hydrogen (secondary N) is 1. The monoisotopic (exact) mass is 259 g/mol. The van der Waals surface area contributed by atoms with Crippen LogP contribution in [0.25, 0.3) is 0 Å². The number of aliphatic hydroxyl groups is 1. The van der Waals surface area contributed by atoms with Gasteiger partial charge >= 0.3 is 0 Å². The average molecular weight is 259 g/mol. The molecule has 4 heteroatoms. The number of anilines is 1. The van der Waals surface area contributed by atoms with Crippen molar-refractivity contribution >= 4 is 5.69 Å². The Hall–Kier alpha value is -1.57. The van der Waals surface area contributed by atoms with Gasteiger partial charge in [-0.15, -0.1) is 0 Å². The summed E-state index contributed by atoms with van der Waals surface area (Å²) in [7, 11) is 2.11. The largest absolute Gasteiger partial charge is 0.396 e. The van der Waals surface area contributed by atoms with Gasteiger partial charge in [0.15, 0.2) is 0 Å². The summed E-state index contributed by atoms with van der Waals surface area (Å²) in [5.41, 5.74) is 3.63. The first-order valence-corrected chi connectivity index (χ1v) is 6.84. The Morgan fingerprint density at radius 2 is 2.37 bits per heavy atom. The lowest BCUT2D eigenvalue weighted by Gasteiger charge is -2.28. The second-order valence-corrected chi connectivity index (χ2v) is 5.01. The molecule has 0 amide bonds. The number of rotatable bonds is 5. The normalized spacial score (nSPS) is 15.7. The highest BCUT2D eigenvalue weighted by Crippen LogP contribution is 2.28. The molecule has 2 N–H and O–H groups in total.